The molecule has 0 amide bonds. The van der Waals surface area contributed by atoms with E-state index in [2.05, 4.69) is 21.6 Å². The molecule has 0 spiro atoms. The summed E-state index contributed by atoms with van der Waals surface area (Å²) in [5.41, 5.74) is 6.39. The number of oxazole rings is 1. The highest BCUT2D eigenvalue weighted by molar-refractivity contribution is 5.92. The van der Waals surface area contributed by atoms with Gasteiger partial charge in [0.15, 0.2) is 11.4 Å². The quantitative estimate of drug-likeness (QED) is 0.263. The molecule has 0 radical (unpaired) electrons. The molecule has 0 bridgehead atoms. The van der Waals surface area contributed by atoms with Gasteiger partial charge in [-0.15, -0.1) is 10.2 Å². The van der Waals surface area contributed by atoms with E-state index in [4.69, 9.17) is 14.1 Å². The van der Waals surface area contributed by atoms with Crippen LogP contribution < -0.4 is 5.32 Å². The first kappa shape index (κ1) is 23.5. The number of nitrogens with one attached hydrogen (secondary N) is 1. The lowest BCUT2D eigenvalue weighted by atomic mass is 9.94. The van der Waals surface area contributed by atoms with Crippen molar-refractivity contribution in [1.82, 2.24) is 25.1 Å². The van der Waals surface area contributed by atoms with Crippen molar-refractivity contribution in [3.8, 4) is 34.0 Å². The normalized spacial score (nSPS) is 13.5. The summed E-state index contributed by atoms with van der Waals surface area (Å²) in [6.07, 6.45) is 3.85. The van der Waals surface area contributed by atoms with E-state index in [0.29, 0.717) is 30.5 Å². The second-order valence-electron chi connectivity index (χ2n) is 9.47. The number of nitrogens with zero attached hydrogens (tertiary/aromatic N) is 4. The Labute approximate surface area is 214 Å². The molecule has 0 atom stereocenters. The molecule has 1 saturated carbocycles. The molecule has 1 fully saturated rings. The molecule has 1 aliphatic carbocycles. The molecule has 0 unspecified atom stereocenters. The summed E-state index contributed by atoms with van der Waals surface area (Å²) in [7, 11) is 3.54. The van der Waals surface area contributed by atoms with Gasteiger partial charge < -0.3 is 19.0 Å². The number of aromatic nitrogens is 4. The molecule has 0 saturated heterocycles. The van der Waals surface area contributed by atoms with Gasteiger partial charge in [-0.25, -0.2) is 9.37 Å². The van der Waals surface area contributed by atoms with Crippen LogP contribution in [0.25, 0.3) is 45.1 Å². The van der Waals surface area contributed by atoms with E-state index in [1.807, 2.05) is 43.4 Å². The fourth-order valence-corrected chi connectivity index (χ4v) is 4.82. The van der Waals surface area contributed by atoms with Gasteiger partial charge in [0.05, 0.1) is 12.2 Å². The van der Waals surface area contributed by atoms with E-state index in [1.54, 1.807) is 24.1 Å². The van der Waals surface area contributed by atoms with Crippen molar-refractivity contribution in [2.24, 2.45) is 7.05 Å². The number of benzene rings is 3. The summed E-state index contributed by atoms with van der Waals surface area (Å²) >= 11 is 0. The van der Waals surface area contributed by atoms with E-state index in [-0.39, 0.29) is 11.5 Å². The van der Waals surface area contributed by atoms with Gasteiger partial charge in [0, 0.05) is 38.4 Å². The fourth-order valence-electron chi connectivity index (χ4n) is 4.82. The van der Waals surface area contributed by atoms with Gasteiger partial charge in [0.1, 0.15) is 17.7 Å². The minimum atomic E-state index is -0.418. The monoisotopic (exact) mass is 497 g/mol. The molecule has 7 nitrogen and oxygen atoms in total. The van der Waals surface area contributed by atoms with E-state index >= 15 is 4.39 Å². The Hall–Kier alpha value is -3.88. The zero-order valence-electron chi connectivity index (χ0n) is 20.9. The SMILES string of the molecule is COCCNCc1cc(C2CC2)c2oc(-c3c(F)ccc(-c4ccccc4)c3-c3nncn3C)nc2c1. The van der Waals surface area contributed by atoms with Crippen LogP contribution in [0.5, 0.6) is 0 Å². The predicted octanol–water partition coefficient (Wildman–Crippen LogP) is 5.71. The average molecular weight is 498 g/mol. The van der Waals surface area contributed by atoms with Crippen LogP contribution in [-0.4, -0.2) is 40.0 Å². The average Bonchev–Trinajstić information content (AvgIpc) is 3.54. The largest absolute Gasteiger partial charge is 0.436 e. The number of halogens is 1. The van der Waals surface area contributed by atoms with Crippen molar-refractivity contribution in [2.75, 3.05) is 20.3 Å². The van der Waals surface area contributed by atoms with Crippen LogP contribution in [0.3, 0.4) is 0 Å². The Kier molecular flexibility index (Phi) is 6.28. The van der Waals surface area contributed by atoms with E-state index < -0.39 is 5.82 Å². The minimum Gasteiger partial charge on any atom is -0.436 e. The Bertz CT molecular complexity index is 1560. The second kappa shape index (κ2) is 9.88. The first-order valence-corrected chi connectivity index (χ1v) is 12.5. The molecule has 5 aromatic rings. The zero-order valence-corrected chi connectivity index (χ0v) is 20.9. The number of fused-ring (bicyclic) bond motifs is 1. The van der Waals surface area contributed by atoms with Crippen molar-refractivity contribution in [3.05, 3.63) is 77.9 Å². The van der Waals surface area contributed by atoms with Crippen LogP contribution in [0, 0.1) is 5.82 Å². The van der Waals surface area contributed by atoms with Gasteiger partial charge in [-0.3, -0.25) is 0 Å². The van der Waals surface area contributed by atoms with E-state index in [9.17, 15) is 0 Å². The van der Waals surface area contributed by atoms with Crippen molar-refractivity contribution in [3.63, 3.8) is 0 Å². The van der Waals surface area contributed by atoms with Crippen LogP contribution in [0.4, 0.5) is 4.39 Å². The first-order valence-electron chi connectivity index (χ1n) is 12.5. The van der Waals surface area contributed by atoms with Gasteiger partial charge >= 0.3 is 0 Å². The van der Waals surface area contributed by atoms with E-state index in [0.717, 1.165) is 52.7 Å². The number of ether oxygens (including phenoxy) is 1. The van der Waals surface area contributed by atoms with Crippen LogP contribution in [0.15, 0.2) is 65.3 Å². The van der Waals surface area contributed by atoms with Crippen LogP contribution >= 0.6 is 0 Å². The third-order valence-corrected chi connectivity index (χ3v) is 6.80. The summed E-state index contributed by atoms with van der Waals surface area (Å²) in [5, 5.41) is 11.8. The van der Waals surface area contributed by atoms with Crippen molar-refractivity contribution >= 4 is 11.1 Å². The highest BCUT2D eigenvalue weighted by atomic mass is 19.1. The van der Waals surface area contributed by atoms with Gasteiger partial charge in [0.2, 0.25) is 5.89 Å². The number of hydrogen-bond donors (Lipinski definition) is 1. The summed E-state index contributed by atoms with van der Waals surface area (Å²) in [4.78, 5) is 4.84. The maximum Gasteiger partial charge on any atom is 0.231 e. The summed E-state index contributed by atoms with van der Waals surface area (Å²) < 4.78 is 29.0. The highest BCUT2D eigenvalue weighted by Crippen LogP contribution is 2.46. The van der Waals surface area contributed by atoms with Gasteiger partial charge in [-0.2, -0.15) is 0 Å². The lowest BCUT2D eigenvalue weighted by molar-refractivity contribution is 0.199. The number of methoxy groups -OCH3 is 1. The molecule has 6 rings (SSSR count). The number of rotatable bonds is 9. The Morgan fingerprint density at radius 3 is 2.68 bits per heavy atom. The fraction of sp³-hybridized carbons (Fsp3) is 0.276. The van der Waals surface area contributed by atoms with Crippen molar-refractivity contribution in [1.29, 1.82) is 0 Å². The Morgan fingerprint density at radius 2 is 1.95 bits per heavy atom. The summed E-state index contributed by atoms with van der Waals surface area (Å²) in [5.74, 6) is 0.815. The van der Waals surface area contributed by atoms with Gasteiger partial charge in [-0.05, 0) is 47.6 Å². The van der Waals surface area contributed by atoms with Crippen LogP contribution in [0.1, 0.15) is 29.9 Å². The molecule has 0 aliphatic heterocycles. The topological polar surface area (TPSA) is 78.0 Å². The second-order valence-corrected chi connectivity index (χ2v) is 9.47. The molecule has 188 valence electrons. The molecule has 1 aliphatic rings. The summed E-state index contributed by atoms with van der Waals surface area (Å²) in [6.45, 7) is 2.10. The minimum absolute atomic E-state index is 0.245. The highest BCUT2D eigenvalue weighted by Gasteiger charge is 2.30. The summed E-state index contributed by atoms with van der Waals surface area (Å²) in [6, 6.07) is 17.3. The van der Waals surface area contributed by atoms with Crippen LogP contribution in [0.2, 0.25) is 0 Å². The standard InChI is InChI=1S/C29H28FN5O2/c1-35-17-32-34-28(35)25-21(19-6-4-3-5-7-19)10-11-23(30)26(25)29-33-24-15-18(16-31-12-13-36-2)14-22(20-8-9-20)27(24)37-29/h3-7,10-11,14-15,17,20,31H,8-9,12-13,16H2,1-2H3. The maximum absolute atomic E-state index is 15.7. The van der Waals surface area contributed by atoms with Crippen molar-refractivity contribution < 1.29 is 13.5 Å². The molecular formula is C29H28FN5O2. The predicted molar refractivity (Wildman–Crippen MR) is 140 cm³/mol. The van der Waals surface area contributed by atoms with E-state index in [1.165, 1.54) is 6.07 Å². The lowest BCUT2D eigenvalue weighted by Gasteiger charge is -2.14. The maximum atomic E-state index is 15.7. The third-order valence-electron chi connectivity index (χ3n) is 6.80. The molecule has 2 aromatic heterocycles. The number of aryl methyl sites for hydroxylation is 1. The molecular weight excluding hydrogens is 469 g/mol. The molecule has 1 N–H and O–H groups in total. The first-order chi connectivity index (χ1) is 18.1. The molecule has 8 heteroatoms. The van der Waals surface area contributed by atoms with Crippen LogP contribution in [-0.2, 0) is 18.3 Å². The molecule has 2 heterocycles. The van der Waals surface area contributed by atoms with Gasteiger partial charge in [-0.1, -0.05) is 42.5 Å². The zero-order chi connectivity index (χ0) is 25.4. The number of hydrogen-bond acceptors (Lipinski definition) is 6. The third kappa shape index (κ3) is 4.54. The molecule has 3 aromatic carbocycles. The lowest BCUT2D eigenvalue weighted by Crippen LogP contribution is -2.18. The van der Waals surface area contributed by atoms with Gasteiger partial charge in [0.25, 0.3) is 0 Å². The smallest absolute Gasteiger partial charge is 0.231 e. The molecule has 37 heavy (non-hydrogen) atoms. The van der Waals surface area contributed by atoms with Crippen molar-refractivity contribution in [2.45, 2.75) is 25.3 Å². The Balaban J connectivity index is 1.53. The Morgan fingerprint density at radius 1 is 1.11 bits per heavy atom.